The zero-order valence-corrected chi connectivity index (χ0v) is 24.5. The molecule has 2 aliphatic heterocycles. The molecule has 8 heteroatoms. The highest BCUT2D eigenvalue weighted by Gasteiger charge is 2.24. The molecule has 2 heterocycles. The number of piperidine rings is 1. The second-order valence-corrected chi connectivity index (χ2v) is 11.4. The third-order valence-electron chi connectivity index (χ3n) is 8.13. The third kappa shape index (κ3) is 8.89. The molecule has 2 saturated heterocycles. The number of morpholine rings is 1. The predicted molar refractivity (Wildman–Crippen MR) is 165 cm³/mol. The summed E-state index contributed by atoms with van der Waals surface area (Å²) in [4.78, 5) is 32.0. The summed E-state index contributed by atoms with van der Waals surface area (Å²) in [5.41, 5.74) is 3.76. The Bertz CT molecular complexity index is 1270. The van der Waals surface area contributed by atoms with Gasteiger partial charge in [-0.05, 0) is 86.3 Å². The van der Waals surface area contributed by atoms with Crippen molar-refractivity contribution < 1.29 is 19.1 Å². The van der Waals surface area contributed by atoms with Gasteiger partial charge in [0.1, 0.15) is 5.75 Å². The van der Waals surface area contributed by atoms with E-state index in [1.165, 1.54) is 11.1 Å². The van der Waals surface area contributed by atoms with Crippen LogP contribution in [0.3, 0.4) is 0 Å². The fourth-order valence-electron chi connectivity index (χ4n) is 5.54. The molecular weight excluding hydrogens is 528 g/mol. The number of likely N-dealkylation sites (tertiary alicyclic amines) is 1. The van der Waals surface area contributed by atoms with Crippen LogP contribution in [0.2, 0.25) is 0 Å². The Morgan fingerprint density at radius 1 is 0.881 bits per heavy atom. The van der Waals surface area contributed by atoms with E-state index in [9.17, 15) is 9.59 Å². The average Bonchev–Trinajstić information content (AvgIpc) is 3.02. The Morgan fingerprint density at radius 2 is 1.57 bits per heavy atom. The molecular formula is C34H42N4O4. The van der Waals surface area contributed by atoms with Crippen LogP contribution in [0.5, 0.6) is 5.75 Å². The van der Waals surface area contributed by atoms with Gasteiger partial charge in [0.2, 0.25) is 0 Å². The number of hydrogen-bond acceptors (Lipinski definition) is 6. The largest absolute Gasteiger partial charge is 0.415 e. The number of ether oxygens (including phenoxy) is 2. The van der Waals surface area contributed by atoms with E-state index in [-0.39, 0.29) is 12.0 Å². The maximum absolute atomic E-state index is 12.8. The zero-order chi connectivity index (χ0) is 29.1. The Morgan fingerprint density at radius 3 is 2.26 bits per heavy atom. The van der Waals surface area contributed by atoms with Gasteiger partial charge in [0.05, 0.1) is 13.2 Å². The lowest BCUT2D eigenvalue weighted by molar-refractivity contribution is 0.0342. The number of nitrogens with zero attached hydrogens (tertiary/aromatic N) is 3. The molecule has 8 nitrogen and oxygen atoms in total. The molecule has 3 aromatic rings. The van der Waals surface area contributed by atoms with E-state index in [0.29, 0.717) is 36.0 Å². The number of rotatable bonds is 10. The summed E-state index contributed by atoms with van der Waals surface area (Å²) in [6, 6.07) is 25.2. The molecule has 0 radical (unpaired) electrons. The molecule has 1 N–H and O–H groups in total. The first-order valence-electron chi connectivity index (χ1n) is 15.0. The Hall–Kier alpha value is -3.72. The van der Waals surface area contributed by atoms with Crippen molar-refractivity contribution in [2.75, 3.05) is 58.3 Å². The molecule has 5 rings (SSSR count). The van der Waals surface area contributed by atoms with E-state index >= 15 is 0 Å². The van der Waals surface area contributed by atoms with Crippen molar-refractivity contribution in [2.24, 2.45) is 5.92 Å². The highest BCUT2D eigenvalue weighted by Crippen LogP contribution is 2.23. The number of amides is 2. The molecule has 0 atom stereocenters. The smallest absolute Gasteiger partial charge is 0.410 e. The summed E-state index contributed by atoms with van der Waals surface area (Å²) in [5.74, 6) is 0.915. The Balaban J connectivity index is 1.01. The van der Waals surface area contributed by atoms with E-state index < -0.39 is 0 Å². The maximum Gasteiger partial charge on any atom is 0.415 e. The van der Waals surface area contributed by atoms with Crippen molar-refractivity contribution in [1.82, 2.24) is 14.7 Å². The molecule has 0 saturated carbocycles. The molecule has 0 aliphatic carbocycles. The molecule has 0 aromatic heterocycles. The van der Waals surface area contributed by atoms with Gasteiger partial charge in [-0.25, -0.2) is 4.79 Å². The summed E-state index contributed by atoms with van der Waals surface area (Å²) < 4.78 is 11.0. The average molecular weight is 571 g/mol. The minimum absolute atomic E-state index is 0.174. The van der Waals surface area contributed by atoms with Gasteiger partial charge in [-0.1, -0.05) is 42.5 Å². The van der Waals surface area contributed by atoms with E-state index in [2.05, 4.69) is 46.4 Å². The van der Waals surface area contributed by atoms with Gasteiger partial charge >= 0.3 is 6.09 Å². The van der Waals surface area contributed by atoms with Gasteiger partial charge in [-0.3, -0.25) is 9.69 Å². The van der Waals surface area contributed by atoms with Crippen LogP contribution in [0.15, 0.2) is 78.9 Å². The highest BCUT2D eigenvalue weighted by atomic mass is 16.6. The first kappa shape index (κ1) is 29.8. The Labute approximate surface area is 249 Å². The summed E-state index contributed by atoms with van der Waals surface area (Å²) >= 11 is 0. The summed E-state index contributed by atoms with van der Waals surface area (Å²) in [6.07, 6.45) is 2.81. The Kier molecular flexibility index (Phi) is 10.6. The van der Waals surface area contributed by atoms with Crippen LogP contribution < -0.4 is 10.1 Å². The van der Waals surface area contributed by atoms with Crippen molar-refractivity contribution in [1.29, 1.82) is 0 Å². The van der Waals surface area contributed by atoms with Gasteiger partial charge < -0.3 is 24.6 Å². The fraction of sp³-hybridized carbons (Fsp3) is 0.412. The SMILES string of the molecule is CN(CCC1CCN(C(=O)Oc2ccc(NC(=O)c3ccc(CN4CCOCC4)cc3)cc2)CC1)Cc1ccccc1. The number of carbonyl (C=O) groups is 2. The van der Waals surface area contributed by atoms with Crippen LogP contribution in [-0.2, 0) is 17.8 Å². The van der Waals surface area contributed by atoms with Crippen molar-refractivity contribution in [3.63, 3.8) is 0 Å². The van der Waals surface area contributed by atoms with Crippen LogP contribution in [0, 0.1) is 5.92 Å². The minimum Gasteiger partial charge on any atom is -0.410 e. The molecule has 2 amide bonds. The zero-order valence-electron chi connectivity index (χ0n) is 24.5. The first-order valence-corrected chi connectivity index (χ1v) is 15.0. The lowest BCUT2D eigenvalue weighted by Crippen LogP contribution is -2.40. The quantitative estimate of drug-likeness (QED) is 0.347. The monoisotopic (exact) mass is 570 g/mol. The molecule has 42 heavy (non-hydrogen) atoms. The van der Waals surface area contributed by atoms with E-state index in [1.807, 2.05) is 30.3 Å². The molecule has 3 aromatic carbocycles. The van der Waals surface area contributed by atoms with Crippen LogP contribution in [0.1, 0.15) is 40.7 Å². The topological polar surface area (TPSA) is 74.4 Å². The lowest BCUT2D eigenvalue weighted by Gasteiger charge is -2.32. The second kappa shape index (κ2) is 15.0. The van der Waals surface area contributed by atoms with Crippen molar-refractivity contribution in [2.45, 2.75) is 32.4 Å². The van der Waals surface area contributed by atoms with Crippen molar-refractivity contribution in [3.8, 4) is 5.75 Å². The second-order valence-electron chi connectivity index (χ2n) is 11.4. The predicted octanol–water partition coefficient (Wildman–Crippen LogP) is 5.50. The van der Waals surface area contributed by atoms with Gasteiger partial charge in [-0.15, -0.1) is 0 Å². The first-order chi connectivity index (χ1) is 20.5. The van der Waals surface area contributed by atoms with Crippen molar-refractivity contribution >= 4 is 17.7 Å². The van der Waals surface area contributed by atoms with Crippen LogP contribution in [0.25, 0.3) is 0 Å². The van der Waals surface area contributed by atoms with Crippen LogP contribution in [-0.4, -0.2) is 79.7 Å². The maximum atomic E-state index is 12.8. The third-order valence-corrected chi connectivity index (χ3v) is 8.13. The number of nitrogens with one attached hydrogen (secondary N) is 1. The molecule has 2 fully saturated rings. The van der Waals surface area contributed by atoms with E-state index in [1.54, 1.807) is 29.2 Å². The number of carbonyl (C=O) groups excluding carboxylic acids is 2. The molecule has 0 spiro atoms. The van der Waals surface area contributed by atoms with Gasteiger partial charge in [-0.2, -0.15) is 0 Å². The standard InChI is InChI=1S/C34H42N4O4/c1-36(25-28-5-3-2-4-6-28)18-15-27-16-19-38(20-17-27)34(40)42-32-13-11-31(12-14-32)35-33(39)30-9-7-29(8-10-30)26-37-21-23-41-24-22-37/h2-14,27H,15-26H2,1H3,(H,35,39). The van der Waals surface area contributed by atoms with Gasteiger partial charge in [0.25, 0.3) is 5.91 Å². The molecule has 0 bridgehead atoms. The summed E-state index contributed by atoms with van der Waals surface area (Å²) in [6.45, 7) is 7.69. The number of anilines is 1. The van der Waals surface area contributed by atoms with E-state index in [0.717, 1.165) is 65.2 Å². The van der Waals surface area contributed by atoms with Crippen LogP contribution in [0.4, 0.5) is 10.5 Å². The van der Waals surface area contributed by atoms with Crippen LogP contribution >= 0.6 is 0 Å². The lowest BCUT2D eigenvalue weighted by atomic mass is 9.93. The normalized spacial score (nSPS) is 16.4. The molecule has 2 aliphatic rings. The highest BCUT2D eigenvalue weighted by molar-refractivity contribution is 6.04. The minimum atomic E-state index is -0.316. The summed E-state index contributed by atoms with van der Waals surface area (Å²) in [5, 5.41) is 2.92. The number of benzene rings is 3. The van der Waals surface area contributed by atoms with Gasteiger partial charge in [0, 0.05) is 50.5 Å². The number of hydrogen-bond donors (Lipinski definition) is 1. The molecule has 0 unspecified atom stereocenters. The summed E-state index contributed by atoms with van der Waals surface area (Å²) in [7, 11) is 2.17. The van der Waals surface area contributed by atoms with Crippen molar-refractivity contribution in [3.05, 3.63) is 95.6 Å². The van der Waals surface area contributed by atoms with Gasteiger partial charge in [0.15, 0.2) is 0 Å². The molecule has 222 valence electrons. The van der Waals surface area contributed by atoms with E-state index in [4.69, 9.17) is 9.47 Å². The fourth-order valence-corrected chi connectivity index (χ4v) is 5.54.